The molecule has 0 atom stereocenters. The van der Waals surface area contributed by atoms with Gasteiger partial charge in [-0.05, 0) is 13.2 Å². The van der Waals surface area contributed by atoms with Crippen LogP contribution >= 0.6 is 11.8 Å². The van der Waals surface area contributed by atoms with Crippen LogP contribution in [0.3, 0.4) is 0 Å². The number of aryl methyl sites for hydroxylation is 1. The van der Waals surface area contributed by atoms with Gasteiger partial charge in [0.1, 0.15) is 5.82 Å². The van der Waals surface area contributed by atoms with E-state index in [1.807, 2.05) is 13.2 Å². The lowest BCUT2D eigenvalue weighted by atomic mass is 10.2. The van der Waals surface area contributed by atoms with Crippen LogP contribution in [0.4, 0.5) is 5.82 Å². The minimum absolute atomic E-state index is 0.105. The number of nitrogens with two attached hydrogens (primary N) is 1. The van der Waals surface area contributed by atoms with E-state index in [4.69, 9.17) is 10.8 Å². The molecule has 0 saturated heterocycles. The number of anilines is 1. The number of rotatable bonds is 2. The van der Waals surface area contributed by atoms with Gasteiger partial charge in [-0.1, -0.05) is 11.8 Å². The molecule has 12 heavy (non-hydrogen) atoms. The van der Waals surface area contributed by atoms with E-state index < -0.39 is 0 Å². The second-order valence-electron chi connectivity index (χ2n) is 2.32. The Morgan fingerprint density at radius 1 is 1.50 bits per heavy atom. The molecule has 0 aliphatic heterocycles. The van der Waals surface area contributed by atoms with Gasteiger partial charge in [0.15, 0.2) is 5.16 Å². The Morgan fingerprint density at radius 3 is 2.58 bits per heavy atom. The average molecular weight is 185 g/mol. The first-order valence-corrected chi connectivity index (χ1v) is 4.69. The van der Waals surface area contributed by atoms with E-state index in [1.54, 1.807) is 0 Å². The molecule has 0 saturated carbocycles. The van der Waals surface area contributed by atoms with Crippen molar-refractivity contribution < 1.29 is 5.11 Å². The third-order valence-electron chi connectivity index (χ3n) is 1.57. The van der Waals surface area contributed by atoms with E-state index in [2.05, 4.69) is 9.97 Å². The lowest BCUT2D eigenvalue weighted by Crippen LogP contribution is -2.04. The first-order valence-electron chi connectivity index (χ1n) is 3.47. The largest absolute Gasteiger partial charge is 0.391 e. The number of aliphatic hydroxyl groups excluding tert-OH is 1. The molecular formula is C7H11N3OS. The summed E-state index contributed by atoms with van der Waals surface area (Å²) >= 11 is 1.43. The molecule has 66 valence electrons. The third-order valence-corrected chi connectivity index (χ3v) is 2.11. The maximum absolute atomic E-state index is 8.90. The molecule has 1 rings (SSSR count). The number of aromatic nitrogens is 2. The highest BCUT2D eigenvalue weighted by atomic mass is 32.2. The molecule has 1 aromatic rings. The molecule has 0 fully saturated rings. The highest BCUT2D eigenvalue weighted by Gasteiger charge is 2.06. The summed E-state index contributed by atoms with van der Waals surface area (Å²) in [4.78, 5) is 8.13. The van der Waals surface area contributed by atoms with Crippen molar-refractivity contribution in [1.29, 1.82) is 0 Å². The molecule has 0 spiro atoms. The van der Waals surface area contributed by atoms with Gasteiger partial charge in [0, 0.05) is 11.3 Å². The van der Waals surface area contributed by atoms with E-state index in [-0.39, 0.29) is 6.61 Å². The maximum Gasteiger partial charge on any atom is 0.189 e. The summed E-state index contributed by atoms with van der Waals surface area (Å²) < 4.78 is 0. The summed E-state index contributed by atoms with van der Waals surface area (Å²) in [6.07, 6.45) is 1.88. The predicted molar refractivity (Wildman–Crippen MR) is 48.9 cm³/mol. The summed E-state index contributed by atoms with van der Waals surface area (Å²) in [6.45, 7) is 1.70. The lowest BCUT2D eigenvalue weighted by Gasteiger charge is -2.05. The second kappa shape index (κ2) is 3.73. The van der Waals surface area contributed by atoms with Crippen molar-refractivity contribution in [3.05, 3.63) is 11.3 Å². The summed E-state index contributed by atoms with van der Waals surface area (Å²) in [5, 5.41) is 9.54. The van der Waals surface area contributed by atoms with Crippen molar-refractivity contribution in [3.63, 3.8) is 0 Å². The predicted octanol–water partition coefficient (Wildman–Crippen LogP) is 0.581. The summed E-state index contributed by atoms with van der Waals surface area (Å²) in [5.74, 6) is 0.370. The zero-order chi connectivity index (χ0) is 9.14. The fourth-order valence-electron chi connectivity index (χ4n) is 0.879. The maximum atomic E-state index is 8.90. The summed E-state index contributed by atoms with van der Waals surface area (Å²) in [6, 6.07) is 0. The molecule has 0 unspecified atom stereocenters. The van der Waals surface area contributed by atoms with Gasteiger partial charge in [0.05, 0.1) is 6.61 Å². The Balaban J connectivity index is 3.18. The molecule has 5 heteroatoms. The molecule has 0 aliphatic rings. The molecule has 0 amide bonds. The highest BCUT2D eigenvalue weighted by Crippen LogP contribution is 2.17. The SMILES string of the molecule is CSc1nc(C)c(CO)c(N)n1. The minimum Gasteiger partial charge on any atom is -0.391 e. The van der Waals surface area contributed by atoms with Crippen molar-refractivity contribution in [2.75, 3.05) is 12.0 Å². The van der Waals surface area contributed by atoms with Crippen LogP contribution in [-0.2, 0) is 6.61 Å². The fourth-order valence-corrected chi connectivity index (χ4v) is 1.30. The zero-order valence-electron chi connectivity index (χ0n) is 7.03. The van der Waals surface area contributed by atoms with E-state index in [9.17, 15) is 0 Å². The quantitative estimate of drug-likeness (QED) is 0.521. The summed E-state index contributed by atoms with van der Waals surface area (Å²) in [7, 11) is 0. The molecule has 4 nitrogen and oxygen atoms in total. The number of aliphatic hydroxyl groups is 1. The monoisotopic (exact) mass is 185 g/mol. The normalized spacial score (nSPS) is 10.2. The van der Waals surface area contributed by atoms with Crippen molar-refractivity contribution in [1.82, 2.24) is 9.97 Å². The van der Waals surface area contributed by atoms with E-state index in [1.165, 1.54) is 11.8 Å². The first-order chi connectivity index (χ1) is 5.69. The number of thioether (sulfide) groups is 1. The first kappa shape index (κ1) is 9.28. The Hall–Kier alpha value is -0.810. The Bertz CT molecular complexity index is 267. The Labute approximate surface area is 75.2 Å². The topological polar surface area (TPSA) is 72.0 Å². The number of hydrogen-bond donors (Lipinski definition) is 2. The van der Waals surface area contributed by atoms with Gasteiger partial charge >= 0.3 is 0 Å². The van der Waals surface area contributed by atoms with Gasteiger partial charge in [0.25, 0.3) is 0 Å². The second-order valence-corrected chi connectivity index (χ2v) is 3.09. The highest BCUT2D eigenvalue weighted by molar-refractivity contribution is 7.98. The molecule has 1 heterocycles. The number of nitrogen functional groups attached to an aromatic ring is 1. The molecule has 1 aromatic heterocycles. The fraction of sp³-hybridized carbons (Fsp3) is 0.429. The summed E-state index contributed by atoms with van der Waals surface area (Å²) in [5.41, 5.74) is 6.95. The van der Waals surface area contributed by atoms with Gasteiger partial charge in [-0.15, -0.1) is 0 Å². The van der Waals surface area contributed by atoms with Crippen LogP contribution in [0.2, 0.25) is 0 Å². The van der Waals surface area contributed by atoms with Gasteiger partial charge in [-0.3, -0.25) is 0 Å². The molecule has 3 N–H and O–H groups in total. The number of hydrogen-bond acceptors (Lipinski definition) is 5. The Morgan fingerprint density at radius 2 is 2.17 bits per heavy atom. The number of nitrogens with zero attached hydrogens (tertiary/aromatic N) is 2. The van der Waals surface area contributed by atoms with Crippen LogP contribution in [0.15, 0.2) is 5.16 Å². The molecule has 0 aromatic carbocycles. The van der Waals surface area contributed by atoms with E-state index in [0.29, 0.717) is 16.5 Å². The standard InChI is InChI=1S/C7H11N3OS/c1-4-5(3-11)6(8)10-7(9-4)12-2/h11H,3H2,1-2H3,(H2,8,9,10). The van der Waals surface area contributed by atoms with E-state index >= 15 is 0 Å². The Kier molecular flexibility index (Phi) is 2.88. The third kappa shape index (κ3) is 1.67. The molecule has 0 aliphatic carbocycles. The van der Waals surface area contributed by atoms with Gasteiger partial charge in [0.2, 0.25) is 0 Å². The van der Waals surface area contributed by atoms with Crippen molar-refractivity contribution >= 4 is 17.6 Å². The van der Waals surface area contributed by atoms with Crippen LogP contribution in [0.5, 0.6) is 0 Å². The van der Waals surface area contributed by atoms with Crippen LogP contribution in [0.25, 0.3) is 0 Å². The van der Waals surface area contributed by atoms with Gasteiger partial charge < -0.3 is 10.8 Å². The van der Waals surface area contributed by atoms with Crippen molar-refractivity contribution in [2.45, 2.75) is 18.7 Å². The molecule has 0 radical (unpaired) electrons. The van der Waals surface area contributed by atoms with Crippen LogP contribution < -0.4 is 5.73 Å². The van der Waals surface area contributed by atoms with Gasteiger partial charge in [-0.2, -0.15) is 0 Å². The van der Waals surface area contributed by atoms with Crippen LogP contribution in [0, 0.1) is 6.92 Å². The van der Waals surface area contributed by atoms with Crippen molar-refractivity contribution in [3.8, 4) is 0 Å². The zero-order valence-corrected chi connectivity index (χ0v) is 7.85. The van der Waals surface area contributed by atoms with Crippen molar-refractivity contribution in [2.24, 2.45) is 0 Å². The van der Waals surface area contributed by atoms with Crippen LogP contribution in [0.1, 0.15) is 11.3 Å². The van der Waals surface area contributed by atoms with Crippen LogP contribution in [-0.4, -0.2) is 21.3 Å². The molecule has 0 bridgehead atoms. The van der Waals surface area contributed by atoms with E-state index in [0.717, 1.165) is 5.69 Å². The molecular weight excluding hydrogens is 174 g/mol. The lowest BCUT2D eigenvalue weighted by molar-refractivity contribution is 0.280. The smallest absolute Gasteiger partial charge is 0.189 e. The van der Waals surface area contributed by atoms with Gasteiger partial charge in [-0.25, -0.2) is 9.97 Å². The minimum atomic E-state index is -0.105. The average Bonchev–Trinajstić information content (AvgIpc) is 2.03.